The summed E-state index contributed by atoms with van der Waals surface area (Å²) in [4.78, 5) is 14.9. The molecule has 0 bridgehead atoms. The largest absolute Gasteiger partial charge is 0.350 e. The predicted octanol–water partition coefficient (Wildman–Crippen LogP) is 4.76. The maximum Gasteiger partial charge on any atom is 0.293 e. The third kappa shape index (κ3) is 3.54. The number of benzene rings is 2. The lowest BCUT2D eigenvalue weighted by Crippen LogP contribution is -2.32. The average molecular weight is 346 g/mol. The van der Waals surface area contributed by atoms with Gasteiger partial charge in [-0.1, -0.05) is 64.8 Å². The van der Waals surface area contributed by atoms with Crippen molar-refractivity contribution in [1.82, 2.24) is 10.1 Å². The monoisotopic (exact) mass is 346 g/mol. The number of carbonyl (C=O) groups excluding carboxylic acids is 1. The van der Waals surface area contributed by atoms with E-state index in [1.807, 2.05) is 36.1 Å². The summed E-state index contributed by atoms with van der Waals surface area (Å²) in [6, 6.07) is 18.4. The van der Waals surface area contributed by atoms with E-state index in [4.69, 9.17) is 4.52 Å². The molecule has 0 radical (unpaired) electrons. The molecule has 4 nitrogen and oxygen atoms in total. The molecule has 1 aromatic heterocycles. The second-order valence-corrected chi connectivity index (χ2v) is 7.09. The van der Waals surface area contributed by atoms with Crippen LogP contribution in [0.5, 0.6) is 0 Å². The molecule has 0 unspecified atom stereocenters. The van der Waals surface area contributed by atoms with Gasteiger partial charge in [0.05, 0.1) is 0 Å². The molecular weight excluding hydrogens is 324 g/mol. The highest BCUT2D eigenvalue weighted by Crippen LogP contribution is 2.30. The van der Waals surface area contributed by atoms with E-state index in [0.29, 0.717) is 24.0 Å². The van der Waals surface area contributed by atoms with Crippen LogP contribution < -0.4 is 0 Å². The van der Waals surface area contributed by atoms with Gasteiger partial charge in [-0.2, -0.15) is 0 Å². The van der Waals surface area contributed by atoms with E-state index in [0.717, 1.165) is 24.0 Å². The van der Waals surface area contributed by atoms with E-state index in [-0.39, 0.29) is 5.91 Å². The van der Waals surface area contributed by atoms with Crippen molar-refractivity contribution in [2.75, 3.05) is 0 Å². The van der Waals surface area contributed by atoms with E-state index in [1.165, 1.54) is 11.1 Å². The maximum absolute atomic E-state index is 13.0. The molecular formula is C22H22N2O2. The highest BCUT2D eigenvalue weighted by atomic mass is 16.5. The summed E-state index contributed by atoms with van der Waals surface area (Å²) in [5.74, 6) is 0.221. The van der Waals surface area contributed by atoms with Crippen LogP contribution in [0.25, 0.3) is 11.3 Å². The van der Waals surface area contributed by atoms with E-state index in [1.54, 1.807) is 6.07 Å². The van der Waals surface area contributed by atoms with Crippen LogP contribution in [0, 0.1) is 13.8 Å². The van der Waals surface area contributed by atoms with Crippen LogP contribution in [0.2, 0.25) is 0 Å². The molecule has 2 aromatic carbocycles. The van der Waals surface area contributed by atoms with Crippen LogP contribution in [-0.4, -0.2) is 22.0 Å². The zero-order chi connectivity index (χ0) is 18.1. The summed E-state index contributed by atoms with van der Waals surface area (Å²) < 4.78 is 5.39. The Morgan fingerprint density at radius 1 is 1.04 bits per heavy atom. The van der Waals surface area contributed by atoms with Crippen LogP contribution >= 0.6 is 0 Å². The van der Waals surface area contributed by atoms with Crippen molar-refractivity contribution in [3.8, 4) is 11.3 Å². The van der Waals surface area contributed by atoms with Crippen molar-refractivity contribution < 1.29 is 9.32 Å². The standard InChI is InChI=1S/C22H22N2O2/c1-15-3-7-17(8-4-15)14-24(19-11-12-19)22(25)21-13-20(23-26-21)18-9-5-16(2)6-10-18/h3-10,13,19H,11-12,14H2,1-2H3. The van der Waals surface area contributed by atoms with Gasteiger partial charge >= 0.3 is 0 Å². The van der Waals surface area contributed by atoms with Crippen molar-refractivity contribution >= 4 is 5.91 Å². The molecule has 1 fully saturated rings. The number of hydrogen-bond acceptors (Lipinski definition) is 3. The summed E-state index contributed by atoms with van der Waals surface area (Å²) in [6.45, 7) is 4.71. The van der Waals surface area contributed by atoms with E-state index < -0.39 is 0 Å². The van der Waals surface area contributed by atoms with Crippen molar-refractivity contribution in [2.24, 2.45) is 0 Å². The van der Waals surface area contributed by atoms with Crippen LogP contribution in [0.3, 0.4) is 0 Å². The van der Waals surface area contributed by atoms with Gasteiger partial charge in [0.1, 0.15) is 5.69 Å². The maximum atomic E-state index is 13.0. The van der Waals surface area contributed by atoms with E-state index in [2.05, 4.69) is 36.3 Å². The number of nitrogens with zero attached hydrogens (tertiary/aromatic N) is 2. The first kappa shape index (κ1) is 16.6. The van der Waals surface area contributed by atoms with Crippen LogP contribution in [0.4, 0.5) is 0 Å². The normalized spacial score (nSPS) is 13.6. The summed E-state index contributed by atoms with van der Waals surface area (Å²) in [5.41, 5.74) is 5.19. The lowest BCUT2D eigenvalue weighted by Gasteiger charge is -2.21. The lowest BCUT2D eigenvalue weighted by molar-refractivity contribution is 0.0687. The highest BCUT2D eigenvalue weighted by molar-refractivity contribution is 5.92. The summed E-state index contributed by atoms with van der Waals surface area (Å²) in [7, 11) is 0. The molecule has 0 saturated heterocycles. The third-order valence-electron chi connectivity index (χ3n) is 4.79. The molecule has 1 amide bonds. The molecule has 0 aliphatic heterocycles. The van der Waals surface area contributed by atoms with Crippen molar-refractivity contribution in [3.63, 3.8) is 0 Å². The lowest BCUT2D eigenvalue weighted by atomic mass is 10.1. The molecule has 1 saturated carbocycles. The minimum Gasteiger partial charge on any atom is -0.350 e. The fourth-order valence-electron chi connectivity index (χ4n) is 3.02. The Bertz CT molecular complexity index is 906. The van der Waals surface area contributed by atoms with Gasteiger partial charge in [-0.15, -0.1) is 0 Å². The average Bonchev–Trinajstić information content (AvgIpc) is 3.37. The molecule has 0 N–H and O–H groups in total. The van der Waals surface area contributed by atoms with Crippen molar-refractivity contribution in [3.05, 3.63) is 77.0 Å². The third-order valence-corrected chi connectivity index (χ3v) is 4.79. The number of carbonyl (C=O) groups is 1. The molecule has 1 aliphatic carbocycles. The Balaban J connectivity index is 1.54. The number of amides is 1. The first-order valence-corrected chi connectivity index (χ1v) is 9.00. The van der Waals surface area contributed by atoms with Crippen LogP contribution in [0.15, 0.2) is 59.1 Å². The molecule has 3 aromatic rings. The molecule has 0 atom stereocenters. The van der Waals surface area contributed by atoms with Gasteiger partial charge in [0.2, 0.25) is 5.76 Å². The minimum atomic E-state index is -0.0843. The minimum absolute atomic E-state index is 0.0843. The number of hydrogen-bond donors (Lipinski definition) is 0. The van der Waals surface area contributed by atoms with E-state index >= 15 is 0 Å². The Morgan fingerprint density at radius 2 is 1.65 bits per heavy atom. The van der Waals surface area contributed by atoms with Gasteiger partial charge in [0.25, 0.3) is 5.91 Å². The molecule has 132 valence electrons. The predicted molar refractivity (Wildman–Crippen MR) is 101 cm³/mol. The highest BCUT2D eigenvalue weighted by Gasteiger charge is 2.34. The van der Waals surface area contributed by atoms with Crippen LogP contribution in [-0.2, 0) is 6.54 Å². The van der Waals surface area contributed by atoms with Crippen molar-refractivity contribution in [2.45, 2.75) is 39.3 Å². The first-order valence-electron chi connectivity index (χ1n) is 9.00. The zero-order valence-corrected chi connectivity index (χ0v) is 15.1. The molecule has 1 heterocycles. The molecule has 4 heteroatoms. The summed E-state index contributed by atoms with van der Waals surface area (Å²) in [5, 5.41) is 4.10. The van der Waals surface area contributed by atoms with Gasteiger partial charge in [0.15, 0.2) is 0 Å². The summed E-state index contributed by atoms with van der Waals surface area (Å²) >= 11 is 0. The van der Waals surface area contributed by atoms with Gasteiger partial charge in [0, 0.05) is 24.2 Å². The quantitative estimate of drug-likeness (QED) is 0.669. The smallest absolute Gasteiger partial charge is 0.293 e. The molecule has 1 aliphatic rings. The van der Waals surface area contributed by atoms with Gasteiger partial charge < -0.3 is 9.42 Å². The Hall–Kier alpha value is -2.88. The summed E-state index contributed by atoms with van der Waals surface area (Å²) in [6.07, 6.45) is 2.10. The first-order chi connectivity index (χ1) is 12.6. The number of rotatable bonds is 5. The molecule has 26 heavy (non-hydrogen) atoms. The second-order valence-electron chi connectivity index (χ2n) is 7.09. The Labute approximate surface area is 153 Å². The Morgan fingerprint density at radius 3 is 2.27 bits per heavy atom. The number of aryl methyl sites for hydroxylation is 2. The van der Waals surface area contributed by atoms with Crippen molar-refractivity contribution in [1.29, 1.82) is 0 Å². The SMILES string of the molecule is Cc1ccc(CN(C(=O)c2cc(-c3ccc(C)cc3)no2)C2CC2)cc1. The fraction of sp³-hybridized carbons (Fsp3) is 0.273. The number of aromatic nitrogens is 1. The van der Waals surface area contributed by atoms with Gasteiger partial charge in [-0.3, -0.25) is 4.79 Å². The molecule has 4 rings (SSSR count). The van der Waals surface area contributed by atoms with Gasteiger partial charge in [-0.25, -0.2) is 0 Å². The zero-order valence-electron chi connectivity index (χ0n) is 15.1. The Kier molecular flexibility index (Phi) is 4.33. The fourth-order valence-corrected chi connectivity index (χ4v) is 3.02. The topological polar surface area (TPSA) is 46.3 Å². The second kappa shape index (κ2) is 6.79. The van der Waals surface area contributed by atoms with Gasteiger partial charge in [-0.05, 0) is 32.3 Å². The van der Waals surface area contributed by atoms with E-state index in [9.17, 15) is 4.79 Å². The van der Waals surface area contributed by atoms with Crippen LogP contribution in [0.1, 0.15) is 40.1 Å². The molecule has 0 spiro atoms.